The highest BCUT2D eigenvalue weighted by molar-refractivity contribution is 5.77. The second-order valence-electron chi connectivity index (χ2n) is 3.67. The van der Waals surface area contributed by atoms with Crippen molar-refractivity contribution >= 4 is 5.91 Å². The predicted molar refractivity (Wildman–Crippen MR) is 61.5 cm³/mol. The molecule has 1 aromatic carbocycles. The Morgan fingerprint density at radius 3 is 2.44 bits per heavy atom. The van der Waals surface area contributed by atoms with E-state index in [1.165, 1.54) is 19.2 Å². The van der Waals surface area contributed by atoms with Gasteiger partial charge >= 0.3 is 6.61 Å². The van der Waals surface area contributed by atoms with E-state index in [0.29, 0.717) is 0 Å². The topological polar surface area (TPSA) is 47.6 Å². The summed E-state index contributed by atoms with van der Waals surface area (Å²) in [6, 6.07) is 5.87. The van der Waals surface area contributed by atoms with E-state index < -0.39 is 6.61 Å². The van der Waals surface area contributed by atoms with Crippen LogP contribution in [0, 0.1) is 0 Å². The molecule has 1 aromatic rings. The normalized spacial score (nSPS) is 12.3. The van der Waals surface area contributed by atoms with Gasteiger partial charge in [-0.3, -0.25) is 4.79 Å². The summed E-state index contributed by atoms with van der Waals surface area (Å²) in [5.74, 6) is -0.151. The number of nitrogens with one attached hydrogen (secondary N) is 1. The second-order valence-corrected chi connectivity index (χ2v) is 3.67. The lowest BCUT2D eigenvalue weighted by molar-refractivity contribution is -0.125. The summed E-state index contributed by atoms with van der Waals surface area (Å²) in [5, 5.41) is 2.70. The summed E-state index contributed by atoms with van der Waals surface area (Å²) in [5.41, 5.74) is 0.793. The van der Waals surface area contributed by atoms with Crippen LogP contribution in [0.5, 0.6) is 5.75 Å². The van der Waals surface area contributed by atoms with Gasteiger partial charge in [0.25, 0.3) is 0 Å². The Kier molecular flexibility index (Phi) is 5.51. The van der Waals surface area contributed by atoms with E-state index in [1.54, 1.807) is 19.1 Å². The average molecular weight is 259 g/mol. The van der Waals surface area contributed by atoms with E-state index in [2.05, 4.69) is 14.8 Å². The smallest absolute Gasteiger partial charge is 0.387 e. The molecule has 0 radical (unpaired) electrons. The molecule has 0 aliphatic rings. The van der Waals surface area contributed by atoms with Crippen molar-refractivity contribution in [3.05, 3.63) is 29.8 Å². The number of carbonyl (C=O) groups is 1. The molecule has 0 saturated carbocycles. The lowest BCUT2D eigenvalue weighted by Crippen LogP contribution is -2.29. The number of amides is 1. The fourth-order valence-electron chi connectivity index (χ4n) is 1.44. The van der Waals surface area contributed by atoms with Gasteiger partial charge in [-0.2, -0.15) is 8.78 Å². The van der Waals surface area contributed by atoms with E-state index in [1.807, 2.05) is 0 Å². The molecule has 0 bridgehead atoms. The van der Waals surface area contributed by atoms with Gasteiger partial charge in [0.1, 0.15) is 12.4 Å². The zero-order valence-electron chi connectivity index (χ0n) is 10.2. The van der Waals surface area contributed by atoms with Crippen LogP contribution >= 0.6 is 0 Å². The second kappa shape index (κ2) is 6.90. The first-order valence-corrected chi connectivity index (χ1v) is 5.36. The van der Waals surface area contributed by atoms with Crippen molar-refractivity contribution in [2.75, 3.05) is 13.7 Å². The number of methoxy groups -OCH3 is 1. The Morgan fingerprint density at radius 1 is 1.33 bits per heavy atom. The molecule has 1 amide bonds. The minimum Gasteiger partial charge on any atom is -0.435 e. The van der Waals surface area contributed by atoms with Gasteiger partial charge in [-0.1, -0.05) is 12.1 Å². The Bertz CT molecular complexity index is 381. The van der Waals surface area contributed by atoms with Gasteiger partial charge in [-0.05, 0) is 24.6 Å². The maximum absolute atomic E-state index is 11.9. The molecule has 0 saturated heterocycles. The molecule has 18 heavy (non-hydrogen) atoms. The summed E-state index contributed by atoms with van der Waals surface area (Å²) in [6.07, 6.45) is 0. The van der Waals surface area contributed by atoms with Crippen molar-refractivity contribution in [1.82, 2.24) is 5.32 Å². The quantitative estimate of drug-likeness (QED) is 0.851. The van der Waals surface area contributed by atoms with Crippen LogP contribution in [0.1, 0.15) is 18.5 Å². The van der Waals surface area contributed by atoms with Crippen LogP contribution in [0.2, 0.25) is 0 Å². The number of rotatable bonds is 6. The molecule has 1 unspecified atom stereocenters. The van der Waals surface area contributed by atoms with Crippen molar-refractivity contribution in [2.45, 2.75) is 19.6 Å². The van der Waals surface area contributed by atoms with Crippen molar-refractivity contribution in [3.63, 3.8) is 0 Å². The van der Waals surface area contributed by atoms with Crippen LogP contribution in [-0.4, -0.2) is 26.2 Å². The lowest BCUT2D eigenvalue weighted by Gasteiger charge is -2.14. The largest absolute Gasteiger partial charge is 0.435 e. The zero-order valence-corrected chi connectivity index (χ0v) is 10.2. The molecule has 0 heterocycles. The van der Waals surface area contributed by atoms with Crippen LogP contribution in [-0.2, 0) is 9.53 Å². The minimum atomic E-state index is -2.84. The fraction of sp³-hybridized carbons (Fsp3) is 0.417. The fourth-order valence-corrected chi connectivity index (χ4v) is 1.44. The highest BCUT2D eigenvalue weighted by Crippen LogP contribution is 2.18. The third-order valence-corrected chi connectivity index (χ3v) is 2.26. The van der Waals surface area contributed by atoms with Gasteiger partial charge < -0.3 is 14.8 Å². The Morgan fingerprint density at radius 2 is 1.94 bits per heavy atom. The van der Waals surface area contributed by atoms with E-state index in [4.69, 9.17) is 0 Å². The van der Waals surface area contributed by atoms with Crippen LogP contribution < -0.4 is 10.1 Å². The lowest BCUT2D eigenvalue weighted by atomic mass is 10.1. The molecule has 100 valence electrons. The van der Waals surface area contributed by atoms with Gasteiger partial charge in [0.2, 0.25) is 5.91 Å². The number of hydrogen-bond donors (Lipinski definition) is 1. The van der Waals surface area contributed by atoms with Gasteiger partial charge in [-0.15, -0.1) is 0 Å². The van der Waals surface area contributed by atoms with Crippen LogP contribution in [0.3, 0.4) is 0 Å². The first kappa shape index (κ1) is 14.4. The van der Waals surface area contributed by atoms with E-state index in [-0.39, 0.29) is 24.3 Å². The third kappa shape index (κ3) is 4.67. The molecule has 1 rings (SSSR count). The average Bonchev–Trinajstić information content (AvgIpc) is 2.29. The van der Waals surface area contributed by atoms with Crippen molar-refractivity contribution in [1.29, 1.82) is 0 Å². The van der Waals surface area contributed by atoms with Crippen molar-refractivity contribution in [2.24, 2.45) is 0 Å². The molecule has 1 atom stereocenters. The first-order chi connectivity index (χ1) is 8.52. The van der Waals surface area contributed by atoms with E-state index in [0.717, 1.165) is 5.56 Å². The van der Waals surface area contributed by atoms with Gasteiger partial charge in [-0.25, -0.2) is 0 Å². The number of benzene rings is 1. The summed E-state index contributed by atoms with van der Waals surface area (Å²) in [4.78, 5) is 11.3. The molecule has 6 heteroatoms. The molecular formula is C12H15F2NO3. The van der Waals surface area contributed by atoms with Gasteiger partial charge in [0.15, 0.2) is 0 Å². The van der Waals surface area contributed by atoms with E-state index in [9.17, 15) is 13.6 Å². The van der Waals surface area contributed by atoms with Gasteiger partial charge in [0, 0.05) is 7.11 Å². The number of ether oxygens (including phenoxy) is 2. The van der Waals surface area contributed by atoms with Crippen molar-refractivity contribution in [3.8, 4) is 5.75 Å². The number of alkyl halides is 2. The number of hydrogen-bond acceptors (Lipinski definition) is 3. The number of halogens is 2. The summed E-state index contributed by atoms with van der Waals surface area (Å²) in [6.45, 7) is -1.07. The summed E-state index contributed by atoms with van der Waals surface area (Å²) in [7, 11) is 1.43. The van der Waals surface area contributed by atoms with Crippen LogP contribution in [0.25, 0.3) is 0 Å². The van der Waals surface area contributed by atoms with Crippen LogP contribution in [0.15, 0.2) is 24.3 Å². The van der Waals surface area contributed by atoms with Gasteiger partial charge in [0.05, 0.1) is 6.04 Å². The standard InChI is InChI=1S/C12H15F2NO3/c1-8(15-11(16)7-17-2)9-3-5-10(6-4-9)18-12(13)14/h3-6,8,12H,7H2,1-2H3,(H,15,16). The first-order valence-electron chi connectivity index (χ1n) is 5.36. The minimum absolute atomic E-state index is 0.0169. The summed E-state index contributed by atoms with van der Waals surface area (Å²) >= 11 is 0. The SMILES string of the molecule is COCC(=O)NC(C)c1ccc(OC(F)F)cc1. The highest BCUT2D eigenvalue weighted by Gasteiger charge is 2.10. The summed E-state index contributed by atoms with van der Waals surface area (Å²) < 4.78 is 32.8. The van der Waals surface area contributed by atoms with Crippen LogP contribution in [0.4, 0.5) is 8.78 Å². The monoisotopic (exact) mass is 259 g/mol. The zero-order chi connectivity index (χ0) is 13.5. The highest BCUT2D eigenvalue weighted by atomic mass is 19.3. The molecule has 1 N–H and O–H groups in total. The molecule has 0 aliphatic heterocycles. The van der Waals surface area contributed by atoms with Crippen molar-refractivity contribution < 1.29 is 23.0 Å². The third-order valence-electron chi connectivity index (χ3n) is 2.26. The molecule has 4 nitrogen and oxygen atoms in total. The molecule has 0 spiro atoms. The maximum atomic E-state index is 11.9. The Balaban J connectivity index is 2.58. The molecule has 0 aliphatic carbocycles. The molecule has 0 fully saturated rings. The Hall–Kier alpha value is -1.69. The molecular weight excluding hydrogens is 244 g/mol. The molecule has 0 aromatic heterocycles. The van der Waals surface area contributed by atoms with E-state index >= 15 is 0 Å². The maximum Gasteiger partial charge on any atom is 0.387 e. The number of carbonyl (C=O) groups excluding carboxylic acids is 1. The predicted octanol–water partition coefficient (Wildman–Crippen LogP) is 2.11. The Labute approximate surface area is 104 Å².